The summed E-state index contributed by atoms with van der Waals surface area (Å²) in [6, 6.07) is 4.15. The van der Waals surface area contributed by atoms with Crippen LogP contribution in [0.3, 0.4) is 0 Å². The zero-order valence-electron chi connectivity index (χ0n) is 12.1. The number of rotatable bonds is 2. The van der Waals surface area contributed by atoms with Gasteiger partial charge >= 0.3 is 0 Å². The fraction of sp³-hybridized carbons (Fsp3) is 0.714. The number of aromatic nitrogens is 2. The Kier molecular flexibility index (Phi) is 3.53. The van der Waals surface area contributed by atoms with E-state index < -0.39 is 0 Å². The van der Waals surface area contributed by atoms with Gasteiger partial charge in [-0.05, 0) is 69.2 Å². The van der Waals surface area contributed by atoms with Crippen molar-refractivity contribution < 1.29 is 1.41 Å². The first-order chi connectivity index (χ1) is 9.65. The topological polar surface area (TPSA) is 49.8 Å². The Hall–Kier alpha value is -0.870. The van der Waals surface area contributed by atoms with Crippen LogP contribution in [0, 0.1) is 5.41 Å². The zero-order valence-corrected chi connectivity index (χ0v) is 11.9. The first kappa shape index (κ1) is 11.9. The second-order valence-electron chi connectivity index (χ2n) is 5.83. The molecule has 1 saturated heterocycles. The third kappa shape index (κ3) is 3.18. The van der Waals surface area contributed by atoms with Crippen molar-refractivity contribution in [3.05, 3.63) is 17.3 Å². The Morgan fingerprint density at radius 3 is 2.58 bits per heavy atom. The lowest BCUT2D eigenvalue weighted by molar-refractivity contribution is 0.128. The monoisotopic (exact) mass is 281 g/mol. The normalized spacial score (nSPS) is 25.2. The summed E-state index contributed by atoms with van der Waals surface area (Å²) in [4.78, 5) is 0. The predicted octanol–water partition coefficient (Wildman–Crippen LogP) is 2.85. The molecule has 1 aromatic heterocycles. The zero-order chi connectivity index (χ0) is 14.0. The summed E-state index contributed by atoms with van der Waals surface area (Å²) in [6.45, 7) is 1.86. The third-order valence-electron chi connectivity index (χ3n) is 4.63. The van der Waals surface area contributed by atoms with Crippen molar-refractivity contribution in [2.45, 2.75) is 44.6 Å². The van der Waals surface area contributed by atoms with Gasteiger partial charge in [0.05, 0.1) is 0 Å². The summed E-state index contributed by atoms with van der Waals surface area (Å²) < 4.78 is 7.67. The van der Waals surface area contributed by atoms with Gasteiger partial charge in [0.2, 0.25) is 0 Å². The highest BCUT2D eigenvalue weighted by Crippen LogP contribution is 2.43. The summed E-state index contributed by atoms with van der Waals surface area (Å²) >= 11 is 5.74. The third-order valence-corrected chi connectivity index (χ3v) is 4.83. The molecule has 19 heavy (non-hydrogen) atoms. The van der Waals surface area contributed by atoms with Crippen molar-refractivity contribution in [1.29, 1.82) is 0 Å². The molecule has 1 aliphatic heterocycles. The Bertz CT molecular complexity index is 435. The molecule has 0 bridgehead atoms. The molecule has 0 radical (unpaired) electrons. The average Bonchev–Trinajstić information content (AvgIpc) is 2.47. The second-order valence-corrected chi connectivity index (χ2v) is 6.22. The van der Waals surface area contributed by atoms with Gasteiger partial charge in [0, 0.05) is 6.04 Å². The highest BCUT2D eigenvalue weighted by Gasteiger charge is 2.36. The van der Waals surface area contributed by atoms with Crippen LogP contribution in [0.5, 0.6) is 0 Å². The van der Waals surface area contributed by atoms with Crippen molar-refractivity contribution in [2.24, 2.45) is 5.41 Å². The minimum atomic E-state index is 0.431. The van der Waals surface area contributed by atoms with Gasteiger partial charge in [0.25, 0.3) is 0 Å². The summed E-state index contributed by atoms with van der Waals surface area (Å²) in [5.74, 6) is 0.816. The molecular weight excluding hydrogens is 260 g/mol. The van der Waals surface area contributed by atoms with Crippen LogP contribution >= 0.6 is 11.6 Å². The van der Waals surface area contributed by atoms with Gasteiger partial charge in [-0.2, -0.15) is 0 Å². The fourth-order valence-corrected chi connectivity index (χ4v) is 3.45. The molecular formula is C14H21ClN4. The number of hydrogen-bond donors (Lipinski definition) is 2. The van der Waals surface area contributed by atoms with Crippen LogP contribution < -0.4 is 10.6 Å². The molecule has 2 fully saturated rings. The molecule has 3 rings (SSSR count). The number of nitrogens with zero attached hydrogens (tertiary/aromatic N) is 2. The molecule has 104 valence electrons. The highest BCUT2D eigenvalue weighted by atomic mass is 35.5. The molecule has 0 aromatic carbocycles. The van der Waals surface area contributed by atoms with E-state index in [0.717, 1.165) is 18.9 Å². The predicted molar refractivity (Wildman–Crippen MR) is 77.5 cm³/mol. The van der Waals surface area contributed by atoms with E-state index in [9.17, 15) is 0 Å². The molecule has 0 atom stereocenters. The molecule has 1 saturated carbocycles. The van der Waals surface area contributed by atoms with Gasteiger partial charge < -0.3 is 10.6 Å². The van der Waals surface area contributed by atoms with Crippen LogP contribution in [0.15, 0.2) is 12.1 Å². The molecule has 1 aromatic rings. The van der Waals surface area contributed by atoms with Gasteiger partial charge in [-0.15, -0.1) is 10.2 Å². The largest absolute Gasteiger partial charge is 0.366 e. The van der Waals surface area contributed by atoms with Crippen LogP contribution in [0.25, 0.3) is 0 Å². The number of piperidine rings is 1. The lowest BCUT2D eigenvalue weighted by Crippen LogP contribution is -2.41. The maximum absolute atomic E-state index is 7.67. The van der Waals surface area contributed by atoms with E-state index in [0.29, 0.717) is 16.6 Å². The fourth-order valence-electron chi connectivity index (χ4n) is 3.35. The Morgan fingerprint density at radius 1 is 1.21 bits per heavy atom. The minimum Gasteiger partial charge on any atom is -0.366 e. The smallest absolute Gasteiger partial charge is 0.151 e. The van der Waals surface area contributed by atoms with Crippen molar-refractivity contribution in [1.82, 2.24) is 15.5 Å². The van der Waals surface area contributed by atoms with E-state index in [1.165, 1.54) is 38.5 Å². The summed E-state index contributed by atoms with van der Waals surface area (Å²) in [5.41, 5.74) is 0.501. The second kappa shape index (κ2) is 5.63. The van der Waals surface area contributed by atoms with Crippen LogP contribution in [-0.4, -0.2) is 29.3 Å². The molecule has 2 aliphatic rings. The van der Waals surface area contributed by atoms with Crippen LogP contribution in [0.1, 0.15) is 38.5 Å². The number of nitrogens with one attached hydrogen (secondary N) is 2. The van der Waals surface area contributed by atoms with Crippen molar-refractivity contribution in [2.75, 3.05) is 18.4 Å². The van der Waals surface area contributed by atoms with Crippen molar-refractivity contribution in [3.63, 3.8) is 0 Å². The maximum Gasteiger partial charge on any atom is 0.151 e. The van der Waals surface area contributed by atoms with Crippen LogP contribution in [-0.2, 0) is 0 Å². The molecule has 0 unspecified atom stereocenters. The lowest BCUT2D eigenvalue weighted by atomic mass is 9.67. The number of anilines is 1. The Labute approximate surface area is 120 Å². The van der Waals surface area contributed by atoms with E-state index >= 15 is 0 Å². The molecule has 2 heterocycles. The maximum atomic E-state index is 7.67. The standard InChI is InChI=1S/C14H21ClN4/c15-12-1-2-13(19-18-12)17-11-3-5-14(6-4-11)7-9-16-10-8-14/h1-2,11,16H,3-10H2,(H,17,19)/i/hD. The van der Waals surface area contributed by atoms with Gasteiger partial charge in [-0.3, -0.25) is 0 Å². The first-order valence-electron chi connectivity index (χ1n) is 7.60. The van der Waals surface area contributed by atoms with Gasteiger partial charge in [-0.25, -0.2) is 0 Å². The van der Waals surface area contributed by atoms with E-state index in [1.807, 2.05) is 6.07 Å². The Morgan fingerprint density at radius 2 is 1.95 bits per heavy atom. The van der Waals surface area contributed by atoms with E-state index in [-0.39, 0.29) is 0 Å². The number of halogens is 1. The number of hydrogen-bond acceptors (Lipinski definition) is 4. The SMILES string of the molecule is [2H]N1CCC2(CCC(Nc3ccc(Cl)nn3)CC2)CC1. The van der Waals surface area contributed by atoms with Crippen molar-refractivity contribution >= 4 is 17.4 Å². The van der Waals surface area contributed by atoms with Gasteiger partial charge in [0.15, 0.2) is 5.15 Å². The summed E-state index contributed by atoms with van der Waals surface area (Å²) in [6.07, 6.45) is 7.26. The molecule has 2 N–H and O–H groups in total. The molecule has 5 heteroatoms. The van der Waals surface area contributed by atoms with Crippen LogP contribution in [0.4, 0.5) is 5.82 Å². The van der Waals surface area contributed by atoms with E-state index in [2.05, 4.69) is 15.5 Å². The van der Waals surface area contributed by atoms with Gasteiger partial charge in [0.1, 0.15) is 7.23 Å². The summed E-state index contributed by atoms with van der Waals surface area (Å²) in [7, 11) is 0. The quantitative estimate of drug-likeness (QED) is 0.875. The van der Waals surface area contributed by atoms with E-state index in [4.69, 9.17) is 13.0 Å². The van der Waals surface area contributed by atoms with E-state index in [1.54, 1.807) is 11.4 Å². The molecule has 0 amide bonds. The molecule has 1 spiro atoms. The Balaban J connectivity index is 1.52. The minimum absolute atomic E-state index is 0.431. The van der Waals surface area contributed by atoms with Gasteiger partial charge in [-0.1, -0.05) is 11.6 Å². The lowest BCUT2D eigenvalue weighted by Gasteiger charge is -2.43. The van der Waals surface area contributed by atoms with Crippen LogP contribution in [0.2, 0.25) is 6.56 Å². The molecule has 4 nitrogen and oxygen atoms in total. The van der Waals surface area contributed by atoms with Crippen molar-refractivity contribution in [3.8, 4) is 0 Å². The summed E-state index contributed by atoms with van der Waals surface area (Å²) in [5, 5.41) is 13.5. The first-order valence-corrected chi connectivity index (χ1v) is 7.53. The average molecular weight is 282 g/mol. The highest BCUT2D eigenvalue weighted by molar-refractivity contribution is 6.29. The molecule has 1 aliphatic carbocycles.